The van der Waals surface area contributed by atoms with Crippen LogP contribution in [0, 0.1) is 5.92 Å². The largest absolute Gasteiger partial charge is 0.468 e. The highest BCUT2D eigenvalue weighted by atomic mass is 16.3. The summed E-state index contributed by atoms with van der Waals surface area (Å²) >= 11 is 0. The topological polar surface area (TPSA) is 91.8 Å². The number of nitrogens with two attached hydrogens (primary N) is 1. The number of urea groups is 1. The fourth-order valence-corrected chi connectivity index (χ4v) is 3.65. The Morgan fingerprint density at radius 1 is 1.25 bits per heavy atom. The lowest BCUT2D eigenvalue weighted by molar-refractivity contribution is -0.126. The molecule has 3 heterocycles. The summed E-state index contributed by atoms with van der Waals surface area (Å²) in [5.41, 5.74) is 5.28. The standard InChI is InChI=1S/C17H26N4O3/c18-17(23)21-9-5-13(6-10-21)16(22)19-12-14(15-4-3-11-24-15)20-7-1-2-8-20/h3-4,11,13-14H,1-2,5-10,12H2,(H2,18,23)(H,19,22)/t14-/m0/s1. The minimum atomic E-state index is -0.402. The highest BCUT2D eigenvalue weighted by Crippen LogP contribution is 2.25. The van der Waals surface area contributed by atoms with Crippen molar-refractivity contribution in [3.05, 3.63) is 24.2 Å². The van der Waals surface area contributed by atoms with Gasteiger partial charge in [-0.3, -0.25) is 9.69 Å². The summed E-state index contributed by atoms with van der Waals surface area (Å²) in [5, 5.41) is 3.09. The van der Waals surface area contributed by atoms with E-state index in [1.54, 1.807) is 11.2 Å². The number of rotatable bonds is 5. The summed E-state index contributed by atoms with van der Waals surface area (Å²) in [4.78, 5) is 27.6. The first-order valence-electron chi connectivity index (χ1n) is 8.74. The van der Waals surface area contributed by atoms with Gasteiger partial charge in [-0.05, 0) is 50.9 Å². The number of furan rings is 1. The van der Waals surface area contributed by atoms with Gasteiger partial charge in [-0.1, -0.05) is 0 Å². The van der Waals surface area contributed by atoms with E-state index in [1.807, 2.05) is 12.1 Å². The van der Waals surface area contributed by atoms with Crippen LogP contribution in [0.2, 0.25) is 0 Å². The molecule has 3 rings (SSSR count). The van der Waals surface area contributed by atoms with Crippen molar-refractivity contribution in [3.63, 3.8) is 0 Å². The fourth-order valence-electron chi connectivity index (χ4n) is 3.65. The van der Waals surface area contributed by atoms with Crippen molar-refractivity contribution in [2.24, 2.45) is 11.7 Å². The van der Waals surface area contributed by atoms with E-state index in [9.17, 15) is 9.59 Å². The van der Waals surface area contributed by atoms with Crippen LogP contribution in [0.3, 0.4) is 0 Å². The Hall–Kier alpha value is -2.02. The third kappa shape index (κ3) is 3.90. The second kappa shape index (κ2) is 7.70. The SMILES string of the molecule is NC(=O)N1CCC(C(=O)NC[C@@H](c2ccco2)N2CCCC2)CC1. The molecule has 1 atom stereocenters. The first kappa shape index (κ1) is 16.8. The molecule has 2 aliphatic rings. The van der Waals surface area contributed by atoms with Gasteiger partial charge in [0.15, 0.2) is 0 Å². The zero-order valence-corrected chi connectivity index (χ0v) is 13.9. The quantitative estimate of drug-likeness (QED) is 0.849. The van der Waals surface area contributed by atoms with Gasteiger partial charge >= 0.3 is 6.03 Å². The van der Waals surface area contributed by atoms with Crippen LogP contribution >= 0.6 is 0 Å². The van der Waals surface area contributed by atoms with Gasteiger partial charge in [0, 0.05) is 25.6 Å². The van der Waals surface area contributed by atoms with Gasteiger partial charge in [-0.2, -0.15) is 0 Å². The number of likely N-dealkylation sites (tertiary alicyclic amines) is 2. The maximum absolute atomic E-state index is 12.5. The third-order valence-electron chi connectivity index (χ3n) is 5.10. The number of carbonyl (C=O) groups excluding carboxylic acids is 2. The molecule has 3 N–H and O–H groups in total. The predicted molar refractivity (Wildman–Crippen MR) is 89.1 cm³/mol. The summed E-state index contributed by atoms with van der Waals surface area (Å²) < 4.78 is 5.58. The zero-order chi connectivity index (χ0) is 16.9. The van der Waals surface area contributed by atoms with Crippen molar-refractivity contribution in [2.75, 3.05) is 32.7 Å². The third-order valence-corrected chi connectivity index (χ3v) is 5.10. The molecule has 2 fully saturated rings. The van der Waals surface area contributed by atoms with E-state index in [0.717, 1.165) is 18.8 Å². The average molecular weight is 334 g/mol. The molecule has 24 heavy (non-hydrogen) atoms. The molecule has 7 nitrogen and oxygen atoms in total. The molecule has 132 valence electrons. The van der Waals surface area contributed by atoms with Gasteiger partial charge in [0.25, 0.3) is 0 Å². The summed E-state index contributed by atoms with van der Waals surface area (Å²) in [5.74, 6) is 0.923. The number of primary amides is 1. The monoisotopic (exact) mass is 334 g/mol. The fraction of sp³-hybridized carbons (Fsp3) is 0.647. The van der Waals surface area contributed by atoms with E-state index in [1.165, 1.54) is 12.8 Å². The van der Waals surface area contributed by atoms with Gasteiger partial charge in [-0.15, -0.1) is 0 Å². The van der Waals surface area contributed by atoms with Crippen LogP contribution < -0.4 is 11.1 Å². The molecule has 0 aromatic carbocycles. The lowest BCUT2D eigenvalue weighted by Crippen LogP contribution is -2.46. The Morgan fingerprint density at radius 2 is 1.96 bits per heavy atom. The maximum Gasteiger partial charge on any atom is 0.314 e. The van der Waals surface area contributed by atoms with Gasteiger partial charge in [0.1, 0.15) is 5.76 Å². The molecule has 7 heteroatoms. The van der Waals surface area contributed by atoms with Crippen LogP contribution in [0.1, 0.15) is 37.5 Å². The molecule has 2 saturated heterocycles. The normalized spacial score (nSPS) is 20.9. The van der Waals surface area contributed by atoms with E-state index in [0.29, 0.717) is 32.5 Å². The summed E-state index contributed by atoms with van der Waals surface area (Å²) in [6.07, 6.45) is 5.40. The number of piperidine rings is 1. The summed E-state index contributed by atoms with van der Waals surface area (Å²) in [6.45, 7) is 3.75. The molecule has 0 bridgehead atoms. The minimum absolute atomic E-state index is 0.0450. The van der Waals surface area contributed by atoms with Crippen molar-refractivity contribution >= 4 is 11.9 Å². The highest BCUT2D eigenvalue weighted by molar-refractivity contribution is 5.79. The van der Waals surface area contributed by atoms with Gasteiger partial charge in [0.2, 0.25) is 5.91 Å². The maximum atomic E-state index is 12.5. The number of amides is 3. The second-order valence-electron chi connectivity index (χ2n) is 6.62. The van der Waals surface area contributed by atoms with E-state index in [-0.39, 0.29) is 17.9 Å². The molecular weight excluding hydrogens is 308 g/mol. The van der Waals surface area contributed by atoms with Crippen molar-refractivity contribution in [3.8, 4) is 0 Å². The number of nitrogens with zero attached hydrogens (tertiary/aromatic N) is 2. The van der Waals surface area contributed by atoms with Crippen molar-refractivity contribution in [2.45, 2.75) is 31.7 Å². The highest BCUT2D eigenvalue weighted by Gasteiger charge is 2.29. The number of hydrogen-bond acceptors (Lipinski definition) is 4. The lowest BCUT2D eigenvalue weighted by atomic mass is 9.96. The zero-order valence-electron chi connectivity index (χ0n) is 13.9. The van der Waals surface area contributed by atoms with E-state index < -0.39 is 6.03 Å². The number of carbonyl (C=O) groups is 2. The predicted octanol–water partition coefficient (Wildman–Crippen LogP) is 1.32. The molecule has 0 spiro atoms. The van der Waals surface area contributed by atoms with Crippen molar-refractivity contribution in [1.29, 1.82) is 0 Å². The molecule has 1 aromatic rings. The summed E-state index contributed by atoms with van der Waals surface area (Å²) in [6, 6.07) is 3.55. The van der Waals surface area contributed by atoms with Crippen molar-refractivity contribution < 1.29 is 14.0 Å². The Labute approximate surface area is 142 Å². The van der Waals surface area contributed by atoms with Crippen LogP contribution in [0.25, 0.3) is 0 Å². The Bertz CT molecular complexity index is 546. The van der Waals surface area contributed by atoms with Crippen LogP contribution in [-0.4, -0.2) is 54.5 Å². The molecule has 3 amide bonds. The van der Waals surface area contributed by atoms with Crippen LogP contribution in [0.5, 0.6) is 0 Å². The Kier molecular flexibility index (Phi) is 5.40. The van der Waals surface area contributed by atoms with Crippen LogP contribution in [-0.2, 0) is 4.79 Å². The van der Waals surface area contributed by atoms with Crippen LogP contribution in [0.15, 0.2) is 22.8 Å². The van der Waals surface area contributed by atoms with E-state index in [2.05, 4.69) is 10.2 Å². The molecule has 2 aliphatic heterocycles. The lowest BCUT2D eigenvalue weighted by Gasteiger charge is -2.31. The van der Waals surface area contributed by atoms with E-state index in [4.69, 9.17) is 10.2 Å². The molecule has 1 aromatic heterocycles. The van der Waals surface area contributed by atoms with Gasteiger partial charge < -0.3 is 20.4 Å². The number of hydrogen-bond donors (Lipinski definition) is 2. The molecule has 0 unspecified atom stereocenters. The van der Waals surface area contributed by atoms with Gasteiger partial charge in [0.05, 0.1) is 12.3 Å². The molecule has 0 radical (unpaired) electrons. The Morgan fingerprint density at radius 3 is 2.54 bits per heavy atom. The second-order valence-corrected chi connectivity index (χ2v) is 6.62. The first-order chi connectivity index (χ1) is 11.6. The smallest absolute Gasteiger partial charge is 0.314 e. The first-order valence-corrected chi connectivity index (χ1v) is 8.74. The molecule has 0 saturated carbocycles. The van der Waals surface area contributed by atoms with Crippen LogP contribution in [0.4, 0.5) is 4.79 Å². The molecular formula is C17H26N4O3. The number of nitrogens with one attached hydrogen (secondary N) is 1. The Balaban J connectivity index is 1.53. The average Bonchev–Trinajstić information content (AvgIpc) is 3.29. The molecule has 0 aliphatic carbocycles. The van der Waals surface area contributed by atoms with Gasteiger partial charge in [-0.25, -0.2) is 4.79 Å². The minimum Gasteiger partial charge on any atom is -0.468 e. The summed E-state index contributed by atoms with van der Waals surface area (Å²) in [7, 11) is 0. The van der Waals surface area contributed by atoms with E-state index >= 15 is 0 Å². The van der Waals surface area contributed by atoms with Crippen molar-refractivity contribution in [1.82, 2.24) is 15.1 Å².